The number of nitrogens with zero attached hydrogens (tertiary/aromatic N) is 2. The topological polar surface area (TPSA) is 32.5 Å². The van der Waals surface area contributed by atoms with Crippen molar-refractivity contribution in [3.8, 4) is 0 Å². The van der Waals surface area contributed by atoms with E-state index in [0.29, 0.717) is 11.6 Å². The van der Waals surface area contributed by atoms with Crippen LogP contribution >= 0.6 is 0 Å². The molecule has 0 saturated carbocycles. The Balaban J connectivity index is 1.74. The van der Waals surface area contributed by atoms with Gasteiger partial charge in [0.1, 0.15) is 5.82 Å². The lowest BCUT2D eigenvalue weighted by atomic mass is 9.99. The van der Waals surface area contributed by atoms with Gasteiger partial charge in [0.05, 0.1) is 0 Å². The summed E-state index contributed by atoms with van der Waals surface area (Å²) in [5.41, 5.74) is 7.10. The van der Waals surface area contributed by atoms with Crippen molar-refractivity contribution in [3.05, 3.63) is 29.6 Å². The highest BCUT2D eigenvalue weighted by atomic mass is 19.1. The Labute approximate surface area is 114 Å². The third kappa shape index (κ3) is 2.60. The summed E-state index contributed by atoms with van der Waals surface area (Å²) in [4.78, 5) is 4.90. The molecule has 2 saturated heterocycles. The molecule has 1 unspecified atom stereocenters. The lowest BCUT2D eigenvalue weighted by Crippen LogP contribution is -2.54. The fourth-order valence-corrected chi connectivity index (χ4v) is 3.29. The van der Waals surface area contributed by atoms with Gasteiger partial charge < -0.3 is 10.6 Å². The highest BCUT2D eigenvalue weighted by Gasteiger charge is 2.29. The Bertz CT molecular complexity index is 449. The first-order chi connectivity index (χ1) is 9.28. The molecular weight excluding hydrogens is 241 g/mol. The van der Waals surface area contributed by atoms with Crippen LogP contribution < -0.4 is 10.6 Å². The van der Waals surface area contributed by atoms with Crippen LogP contribution in [-0.4, -0.2) is 37.1 Å². The second-order valence-electron chi connectivity index (χ2n) is 5.61. The van der Waals surface area contributed by atoms with Gasteiger partial charge in [-0.3, -0.25) is 4.90 Å². The first-order valence-corrected chi connectivity index (χ1v) is 7.25. The minimum absolute atomic E-state index is 0.175. The molecule has 1 aromatic carbocycles. The number of rotatable bonds is 2. The molecular formula is C15H22FN3. The number of benzene rings is 1. The molecule has 19 heavy (non-hydrogen) atoms. The van der Waals surface area contributed by atoms with Crippen LogP contribution in [0.15, 0.2) is 18.2 Å². The normalized spacial score (nSPS) is 24.3. The first kappa shape index (κ1) is 12.9. The quantitative estimate of drug-likeness (QED) is 0.885. The molecule has 1 atom stereocenters. The number of hydrogen-bond donors (Lipinski definition) is 1. The van der Waals surface area contributed by atoms with E-state index >= 15 is 0 Å². The van der Waals surface area contributed by atoms with Crippen LogP contribution in [0, 0.1) is 5.82 Å². The van der Waals surface area contributed by atoms with Crippen LogP contribution in [0.3, 0.4) is 0 Å². The van der Waals surface area contributed by atoms with Crippen LogP contribution in [0.5, 0.6) is 0 Å². The van der Waals surface area contributed by atoms with Gasteiger partial charge >= 0.3 is 0 Å². The molecule has 2 N–H and O–H groups in total. The summed E-state index contributed by atoms with van der Waals surface area (Å²) in [6.45, 7) is 4.63. The maximum absolute atomic E-state index is 13.8. The van der Waals surface area contributed by atoms with Gasteiger partial charge in [-0.15, -0.1) is 0 Å². The maximum Gasteiger partial charge on any atom is 0.129 e. The summed E-state index contributed by atoms with van der Waals surface area (Å²) in [5.74, 6) is -0.175. The molecule has 2 fully saturated rings. The molecule has 0 amide bonds. The monoisotopic (exact) mass is 263 g/mol. The second-order valence-corrected chi connectivity index (χ2v) is 5.61. The molecule has 3 rings (SSSR count). The van der Waals surface area contributed by atoms with Gasteiger partial charge in [0.15, 0.2) is 0 Å². The zero-order chi connectivity index (χ0) is 13.2. The fraction of sp³-hybridized carbons (Fsp3) is 0.600. The van der Waals surface area contributed by atoms with E-state index in [1.54, 1.807) is 6.07 Å². The molecule has 2 aliphatic heterocycles. The van der Waals surface area contributed by atoms with Gasteiger partial charge in [-0.25, -0.2) is 4.39 Å². The van der Waals surface area contributed by atoms with E-state index in [9.17, 15) is 4.39 Å². The van der Waals surface area contributed by atoms with E-state index in [1.165, 1.54) is 25.8 Å². The fourth-order valence-electron chi connectivity index (χ4n) is 3.29. The Kier molecular flexibility index (Phi) is 3.71. The van der Waals surface area contributed by atoms with E-state index in [1.807, 2.05) is 12.1 Å². The summed E-state index contributed by atoms with van der Waals surface area (Å²) < 4.78 is 13.8. The van der Waals surface area contributed by atoms with E-state index in [0.717, 1.165) is 25.3 Å². The number of hydrogen-bond acceptors (Lipinski definition) is 3. The van der Waals surface area contributed by atoms with Gasteiger partial charge in [-0.1, -0.05) is 12.5 Å². The lowest BCUT2D eigenvalue weighted by molar-refractivity contribution is 0.133. The standard InChI is InChI=1S/C15H22FN3/c16-15-9-13(5-4-12(15)10-17)19-8-7-18-6-2-1-3-14(18)11-19/h4-5,9,14H,1-3,6-8,10-11,17H2. The zero-order valence-electron chi connectivity index (χ0n) is 11.3. The molecule has 0 aliphatic carbocycles. The van der Waals surface area contributed by atoms with Crippen molar-refractivity contribution in [2.45, 2.75) is 31.8 Å². The largest absolute Gasteiger partial charge is 0.369 e. The van der Waals surface area contributed by atoms with E-state index < -0.39 is 0 Å². The van der Waals surface area contributed by atoms with Crippen LogP contribution in [0.25, 0.3) is 0 Å². The van der Waals surface area contributed by atoms with Crippen LogP contribution in [0.4, 0.5) is 10.1 Å². The van der Waals surface area contributed by atoms with Crippen LogP contribution in [0.2, 0.25) is 0 Å². The number of nitrogens with two attached hydrogens (primary N) is 1. The third-order valence-electron chi connectivity index (χ3n) is 4.46. The molecule has 0 aromatic heterocycles. The van der Waals surface area contributed by atoms with Gasteiger partial charge in [-0.2, -0.15) is 0 Å². The summed E-state index contributed by atoms with van der Waals surface area (Å²) in [7, 11) is 0. The summed E-state index contributed by atoms with van der Waals surface area (Å²) in [6, 6.07) is 6.11. The summed E-state index contributed by atoms with van der Waals surface area (Å²) in [5, 5.41) is 0. The van der Waals surface area contributed by atoms with Crippen LogP contribution in [-0.2, 0) is 6.54 Å². The number of piperazine rings is 1. The predicted molar refractivity (Wildman–Crippen MR) is 75.7 cm³/mol. The van der Waals surface area contributed by atoms with Crippen molar-refractivity contribution in [2.24, 2.45) is 5.73 Å². The Morgan fingerprint density at radius 2 is 2.11 bits per heavy atom. The molecule has 2 aliphatic rings. The van der Waals surface area contributed by atoms with Gasteiger partial charge in [0.25, 0.3) is 0 Å². The highest BCUT2D eigenvalue weighted by Crippen LogP contribution is 2.26. The van der Waals surface area contributed by atoms with E-state index in [2.05, 4.69) is 9.80 Å². The smallest absolute Gasteiger partial charge is 0.129 e. The minimum atomic E-state index is -0.175. The minimum Gasteiger partial charge on any atom is -0.369 e. The molecule has 0 radical (unpaired) electrons. The number of anilines is 1. The summed E-state index contributed by atoms with van der Waals surface area (Å²) >= 11 is 0. The molecule has 0 bridgehead atoms. The van der Waals surface area contributed by atoms with Crippen molar-refractivity contribution in [2.75, 3.05) is 31.1 Å². The van der Waals surface area contributed by atoms with Crippen molar-refractivity contribution in [1.29, 1.82) is 0 Å². The zero-order valence-corrected chi connectivity index (χ0v) is 11.3. The highest BCUT2D eigenvalue weighted by molar-refractivity contribution is 5.49. The molecule has 3 nitrogen and oxygen atoms in total. The molecule has 1 aromatic rings. The average Bonchev–Trinajstić information content (AvgIpc) is 2.46. The second kappa shape index (κ2) is 5.47. The Morgan fingerprint density at radius 3 is 2.89 bits per heavy atom. The van der Waals surface area contributed by atoms with Crippen molar-refractivity contribution >= 4 is 5.69 Å². The molecule has 4 heteroatoms. The summed E-state index contributed by atoms with van der Waals surface area (Å²) in [6.07, 6.45) is 3.94. The Hall–Kier alpha value is -1.13. The van der Waals surface area contributed by atoms with Crippen molar-refractivity contribution < 1.29 is 4.39 Å². The van der Waals surface area contributed by atoms with Crippen LogP contribution in [0.1, 0.15) is 24.8 Å². The number of fused-ring (bicyclic) bond motifs is 1. The van der Waals surface area contributed by atoms with E-state index in [4.69, 9.17) is 5.73 Å². The lowest BCUT2D eigenvalue weighted by Gasteiger charge is -2.45. The Morgan fingerprint density at radius 1 is 1.21 bits per heavy atom. The predicted octanol–water partition coefficient (Wildman–Crippen LogP) is 1.96. The van der Waals surface area contributed by atoms with Gasteiger partial charge in [-0.05, 0) is 31.5 Å². The number of piperidine rings is 1. The van der Waals surface area contributed by atoms with Crippen molar-refractivity contribution in [1.82, 2.24) is 4.90 Å². The average molecular weight is 263 g/mol. The number of halogens is 1. The van der Waals surface area contributed by atoms with E-state index in [-0.39, 0.29) is 12.4 Å². The van der Waals surface area contributed by atoms with Gasteiger partial charge in [0.2, 0.25) is 0 Å². The van der Waals surface area contributed by atoms with Gasteiger partial charge in [0, 0.05) is 43.5 Å². The maximum atomic E-state index is 13.8. The SMILES string of the molecule is NCc1ccc(N2CCN3CCCCC3C2)cc1F. The first-order valence-electron chi connectivity index (χ1n) is 7.25. The molecule has 104 valence electrons. The third-order valence-corrected chi connectivity index (χ3v) is 4.46. The molecule has 2 heterocycles. The molecule has 0 spiro atoms. The van der Waals surface area contributed by atoms with Crippen molar-refractivity contribution in [3.63, 3.8) is 0 Å².